The summed E-state index contributed by atoms with van der Waals surface area (Å²) in [5, 5.41) is 7.36. The van der Waals surface area contributed by atoms with Gasteiger partial charge in [-0.05, 0) is 60.5 Å². The zero-order valence-corrected chi connectivity index (χ0v) is 16.5. The number of pyridine rings is 1. The molecular weight excluding hydrogens is 344 g/mol. The molecule has 3 rings (SSSR count). The van der Waals surface area contributed by atoms with Gasteiger partial charge in [-0.15, -0.1) is 0 Å². The summed E-state index contributed by atoms with van der Waals surface area (Å²) in [6.07, 6.45) is 4.18. The molecule has 1 atom stereocenters. The van der Waals surface area contributed by atoms with Crippen LogP contribution in [0.1, 0.15) is 48.8 Å². The highest BCUT2D eigenvalue weighted by atomic mass is 32.1. The van der Waals surface area contributed by atoms with E-state index in [4.69, 9.17) is 0 Å². The van der Waals surface area contributed by atoms with E-state index in [1.807, 2.05) is 12.1 Å². The number of aromatic nitrogens is 1. The quantitative estimate of drug-likeness (QED) is 0.770. The monoisotopic (exact) mass is 372 g/mol. The van der Waals surface area contributed by atoms with Crippen LogP contribution in [0.5, 0.6) is 0 Å². The highest BCUT2D eigenvalue weighted by Crippen LogP contribution is 2.23. The number of hydrogen-bond acceptors (Lipinski definition) is 5. The van der Waals surface area contributed by atoms with Gasteiger partial charge in [0.25, 0.3) is 5.91 Å². The van der Waals surface area contributed by atoms with Crippen LogP contribution in [-0.2, 0) is 0 Å². The molecule has 1 unspecified atom stereocenters. The van der Waals surface area contributed by atoms with Gasteiger partial charge in [-0.25, -0.2) is 0 Å². The van der Waals surface area contributed by atoms with Gasteiger partial charge in [0.05, 0.1) is 6.04 Å². The smallest absolute Gasteiger partial charge is 0.270 e. The summed E-state index contributed by atoms with van der Waals surface area (Å²) in [4.78, 5) is 21.7. The Bertz CT molecular complexity index is 694. The number of carbonyl (C=O) groups excluding carboxylic acids is 1. The number of likely N-dealkylation sites (N-methyl/N-ethyl adjacent to an activating group) is 1. The van der Waals surface area contributed by atoms with Gasteiger partial charge in [-0.2, -0.15) is 11.3 Å². The molecule has 6 heteroatoms. The Balaban J connectivity index is 1.67. The minimum atomic E-state index is -0.0987. The molecule has 1 aliphatic heterocycles. The topological polar surface area (TPSA) is 48.5 Å². The van der Waals surface area contributed by atoms with Crippen LogP contribution < -0.4 is 10.2 Å². The zero-order chi connectivity index (χ0) is 18.4. The number of nitrogens with zero attached hydrogens (tertiary/aromatic N) is 3. The van der Waals surface area contributed by atoms with Crippen LogP contribution in [0, 0.1) is 0 Å². The molecule has 1 saturated heterocycles. The summed E-state index contributed by atoms with van der Waals surface area (Å²) in [6.45, 7) is 8.94. The van der Waals surface area contributed by atoms with Crippen LogP contribution in [0.25, 0.3) is 0 Å². The van der Waals surface area contributed by atoms with E-state index in [0.29, 0.717) is 12.2 Å². The van der Waals surface area contributed by atoms with Gasteiger partial charge < -0.3 is 10.2 Å². The maximum absolute atomic E-state index is 12.7. The van der Waals surface area contributed by atoms with E-state index in [1.54, 1.807) is 17.5 Å². The van der Waals surface area contributed by atoms with Gasteiger partial charge in [0.2, 0.25) is 0 Å². The van der Waals surface area contributed by atoms with Gasteiger partial charge >= 0.3 is 0 Å². The second-order valence-electron chi connectivity index (χ2n) is 6.60. The summed E-state index contributed by atoms with van der Waals surface area (Å²) < 4.78 is 0. The predicted octanol–water partition coefficient (Wildman–Crippen LogP) is 3.56. The van der Waals surface area contributed by atoms with Crippen LogP contribution in [0.15, 0.2) is 35.2 Å². The second-order valence-corrected chi connectivity index (χ2v) is 7.38. The summed E-state index contributed by atoms with van der Waals surface area (Å²) in [7, 11) is 0. The van der Waals surface area contributed by atoms with Crippen LogP contribution in [0.4, 0.5) is 5.69 Å². The standard InChI is InChI=1S/C20H28N4OS/c1-3-23(4-2)19(16-8-12-26-15-16)14-22-20(25)18-13-17(7-9-21-18)24-10-5-6-11-24/h7-9,12-13,15,19H,3-6,10-11,14H2,1-2H3,(H,22,25). The largest absolute Gasteiger partial charge is 0.371 e. The van der Waals surface area contributed by atoms with E-state index in [1.165, 1.54) is 18.4 Å². The van der Waals surface area contributed by atoms with Crippen LogP contribution in [-0.4, -0.2) is 48.5 Å². The second kappa shape index (κ2) is 9.14. The molecule has 0 spiro atoms. The first kappa shape index (κ1) is 18.9. The van der Waals surface area contributed by atoms with Crippen LogP contribution in [0.2, 0.25) is 0 Å². The molecule has 26 heavy (non-hydrogen) atoms. The highest BCUT2D eigenvalue weighted by molar-refractivity contribution is 7.07. The number of carbonyl (C=O) groups is 1. The highest BCUT2D eigenvalue weighted by Gasteiger charge is 2.20. The molecule has 2 aromatic heterocycles. The fourth-order valence-corrected chi connectivity index (χ4v) is 4.29. The molecule has 0 saturated carbocycles. The van der Waals surface area contributed by atoms with E-state index < -0.39 is 0 Å². The molecule has 1 amide bonds. The number of rotatable bonds is 8. The molecule has 0 radical (unpaired) electrons. The predicted molar refractivity (Wildman–Crippen MR) is 108 cm³/mol. The molecule has 1 aliphatic rings. The number of anilines is 1. The Morgan fingerprint density at radius 1 is 1.31 bits per heavy atom. The third-order valence-electron chi connectivity index (χ3n) is 5.08. The first-order valence-corrected chi connectivity index (χ1v) is 10.4. The maximum atomic E-state index is 12.7. The van der Waals surface area contributed by atoms with Crippen molar-refractivity contribution in [3.63, 3.8) is 0 Å². The Kier molecular flexibility index (Phi) is 6.63. The van der Waals surface area contributed by atoms with Gasteiger partial charge in [0.1, 0.15) is 5.69 Å². The number of nitrogens with one attached hydrogen (secondary N) is 1. The van der Waals surface area contributed by atoms with Gasteiger partial charge in [-0.3, -0.25) is 14.7 Å². The lowest BCUT2D eigenvalue weighted by molar-refractivity contribution is 0.0930. The SMILES string of the molecule is CCN(CC)C(CNC(=O)c1cc(N2CCCC2)ccn1)c1ccsc1. The molecule has 0 aromatic carbocycles. The van der Waals surface area contributed by atoms with Crippen LogP contribution >= 0.6 is 11.3 Å². The first-order chi connectivity index (χ1) is 12.7. The van der Waals surface area contributed by atoms with E-state index in [9.17, 15) is 4.79 Å². The lowest BCUT2D eigenvalue weighted by Crippen LogP contribution is -2.38. The van der Waals surface area contributed by atoms with E-state index in [2.05, 4.69) is 50.8 Å². The van der Waals surface area contributed by atoms with Gasteiger partial charge in [-0.1, -0.05) is 13.8 Å². The van der Waals surface area contributed by atoms with E-state index >= 15 is 0 Å². The molecule has 0 bridgehead atoms. The summed E-state index contributed by atoms with van der Waals surface area (Å²) in [5.41, 5.74) is 2.86. The lowest BCUT2D eigenvalue weighted by Gasteiger charge is -2.29. The molecule has 5 nitrogen and oxygen atoms in total. The van der Waals surface area contributed by atoms with Crippen molar-refractivity contribution in [2.24, 2.45) is 0 Å². The first-order valence-electron chi connectivity index (χ1n) is 9.48. The minimum absolute atomic E-state index is 0.0987. The third kappa shape index (κ3) is 4.43. The Morgan fingerprint density at radius 3 is 2.73 bits per heavy atom. The van der Waals surface area contributed by atoms with Crippen molar-refractivity contribution in [2.45, 2.75) is 32.7 Å². The van der Waals surface area contributed by atoms with Crippen LogP contribution in [0.3, 0.4) is 0 Å². The van der Waals surface area contributed by atoms with E-state index in [-0.39, 0.29) is 11.9 Å². The van der Waals surface area contributed by atoms with Gasteiger partial charge in [0, 0.05) is 31.5 Å². The fraction of sp³-hybridized carbons (Fsp3) is 0.500. The van der Waals surface area contributed by atoms with Gasteiger partial charge in [0.15, 0.2) is 0 Å². The number of amides is 1. The molecule has 2 aromatic rings. The minimum Gasteiger partial charge on any atom is -0.371 e. The van der Waals surface area contributed by atoms with E-state index in [0.717, 1.165) is 31.9 Å². The third-order valence-corrected chi connectivity index (χ3v) is 5.79. The van der Waals surface area contributed by atoms with Crippen molar-refractivity contribution in [3.05, 3.63) is 46.4 Å². The fourth-order valence-electron chi connectivity index (χ4n) is 3.58. The molecule has 1 fully saturated rings. The molecular formula is C20H28N4OS. The lowest BCUT2D eigenvalue weighted by atomic mass is 10.1. The van der Waals surface area contributed by atoms with Crippen molar-refractivity contribution < 1.29 is 4.79 Å². The van der Waals surface area contributed by atoms with Crippen molar-refractivity contribution in [2.75, 3.05) is 37.6 Å². The Morgan fingerprint density at radius 2 is 2.08 bits per heavy atom. The van der Waals surface area contributed by atoms with Crippen molar-refractivity contribution in [3.8, 4) is 0 Å². The summed E-state index contributed by atoms with van der Waals surface area (Å²) in [6, 6.07) is 6.25. The number of hydrogen-bond donors (Lipinski definition) is 1. The zero-order valence-electron chi connectivity index (χ0n) is 15.6. The molecule has 3 heterocycles. The Hall–Kier alpha value is -1.92. The summed E-state index contributed by atoms with van der Waals surface area (Å²) in [5.74, 6) is -0.0987. The van der Waals surface area contributed by atoms with Crippen molar-refractivity contribution in [1.29, 1.82) is 0 Å². The normalized spacial score (nSPS) is 15.4. The average Bonchev–Trinajstić information content (AvgIpc) is 3.39. The molecule has 0 aliphatic carbocycles. The van der Waals surface area contributed by atoms with Crippen molar-refractivity contribution in [1.82, 2.24) is 15.2 Å². The molecule has 1 N–H and O–H groups in total. The van der Waals surface area contributed by atoms with Crippen molar-refractivity contribution >= 4 is 22.9 Å². The molecule has 140 valence electrons. The maximum Gasteiger partial charge on any atom is 0.270 e. The Labute approximate surface area is 160 Å². The average molecular weight is 373 g/mol. The number of thiophene rings is 1. The summed E-state index contributed by atoms with van der Waals surface area (Å²) >= 11 is 1.70.